The summed E-state index contributed by atoms with van der Waals surface area (Å²) in [4.78, 5) is 2.50. The Morgan fingerprint density at radius 2 is 2.12 bits per heavy atom. The quantitative estimate of drug-likeness (QED) is 0.794. The first kappa shape index (κ1) is 11.8. The Morgan fingerprint density at radius 3 is 2.75 bits per heavy atom. The molecule has 1 atom stereocenters. The van der Waals surface area contributed by atoms with Crippen molar-refractivity contribution in [3.63, 3.8) is 0 Å². The van der Waals surface area contributed by atoms with Crippen LogP contribution in [0.1, 0.15) is 44.8 Å². The second kappa shape index (κ2) is 5.11. The van der Waals surface area contributed by atoms with Gasteiger partial charge >= 0.3 is 0 Å². The molecule has 88 valence electrons. The lowest BCUT2D eigenvalue weighted by Gasteiger charge is -2.37. The predicted molar refractivity (Wildman–Crippen MR) is 65.5 cm³/mol. The fraction of sp³-hybridized carbons (Fsp3) is 0.667. The van der Waals surface area contributed by atoms with Crippen LogP contribution < -0.4 is 0 Å². The molecular weight excluding hydrogens is 222 g/mol. The van der Waals surface area contributed by atoms with Gasteiger partial charge in [0.25, 0.3) is 0 Å². The van der Waals surface area contributed by atoms with E-state index in [0.29, 0.717) is 17.2 Å². The minimum atomic E-state index is 0.415. The first-order valence-electron chi connectivity index (χ1n) is 5.93. The smallest absolute Gasteiger partial charge is 0.151 e. The van der Waals surface area contributed by atoms with Gasteiger partial charge in [0, 0.05) is 6.04 Å². The van der Waals surface area contributed by atoms with Crippen molar-refractivity contribution in [2.45, 2.75) is 45.2 Å². The molecule has 1 unspecified atom stereocenters. The van der Waals surface area contributed by atoms with Crippen LogP contribution in [-0.4, -0.2) is 27.7 Å². The second-order valence-electron chi connectivity index (χ2n) is 4.62. The van der Waals surface area contributed by atoms with Gasteiger partial charge in [-0.15, -0.1) is 5.10 Å². The van der Waals surface area contributed by atoms with Gasteiger partial charge in [-0.1, -0.05) is 18.0 Å². The topological polar surface area (TPSA) is 29.0 Å². The monoisotopic (exact) mass is 239 g/mol. The Bertz CT molecular complexity index is 337. The summed E-state index contributed by atoms with van der Waals surface area (Å²) in [7, 11) is 0. The number of nitrogens with zero attached hydrogens (tertiary/aromatic N) is 3. The molecule has 1 aliphatic heterocycles. The second-order valence-corrected chi connectivity index (χ2v) is 5.01. The molecule has 2 heterocycles. The number of halogens is 1. The molecular formula is C12H18ClN3. The Labute approximate surface area is 102 Å². The van der Waals surface area contributed by atoms with Crippen molar-refractivity contribution >= 4 is 11.6 Å². The van der Waals surface area contributed by atoms with Crippen molar-refractivity contribution in [3.05, 3.63) is 23.0 Å². The molecule has 3 nitrogen and oxygen atoms in total. The minimum absolute atomic E-state index is 0.415. The van der Waals surface area contributed by atoms with E-state index < -0.39 is 0 Å². The third-order valence-corrected chi connectivity index (χ3v) is 3.40. The van der Waals surface area contributed by atoms with Gasteiger partial charge in [-0.2, -0.15) is 5.10 Å². The van der Waals surface area contributed by atoms with Crippen LogP contribution in [0.15, 0.2) is 12.1 Å². The van der Waals surface area contributed by atoms with Crippen molar-refractivity contribution in [3.8, 4) is 0 Å². The fourth-order valence-electron chi connectivity index (χ4n) is 2.39. The molecule has 0 saturated carbocycles. The van der Waals surface area contributed by atoms with Gasteiger partial charge in [0.15, 0.2) is 5.15 Å². The first-order valence-corrected chi connectivity index (χ1v) is 6.31. The number of rotatable bonds is 2. The SMILES string of the molecule is CC(C)N1CCCCC1c1ccc(Cl)nn1. The molecule has 1 aliphatic rings. The summed E-state index contributed by atoms with van der Waals surface area (Å²) in [5, 5.41) is 8.62. The molecule has 16 heavy (non-hydrogen) atoms. The van der Waals surface area contributed by atoms with Crippen LogP contribution in [-0.2, 0) is 0 Å². The van der Waals surface area contributed by atoms with E-state index in [1.807, 2.05) is 12.1 Å². The third kappa shape index (κ3) is 2.53. The van der Waals surface area contributed by atoms with E-state index in [2.05, 4.69) is 28.9 Å². The fourth-order valence-corrected chi connectivity index (χ4v) is 2.49. The van der Waals surface area contributed by atoms with E-state index in [4.69, 9.17) is 11.6 Å². The maximum Gasteiger partial charge on any atom is 0.151 e. The lowest BCUT2D eigenvalue weighted by molar-refractivity contribution is 0.108. The molecule has 0 amide bonds. The summed E-state index contributed by atoms with van der Waals surface area (Å²) in [6, 6.07) is 4.80. The molecule has 1 saturated heterocycles. The van der Waals surface area contributed by atoms with Gasteiger partial charge in [0.2, 0.25) is 0 Å². The molecule has 4 heteroatoms. The maximum absolute atomic E-state index is 5.76. The molecule has 0 radical (unpaired) electrons. The molecule has 0 bridgehead atoms. The van der Waals surface area contributed by atoms with Crippen molar-refractivity contribution < 1.29 is 0 Å². The molecule has 1 fully saturated rings. The van der Waals surface area contributed by atoms with Gasteiger partial charge < -0.3 is 0 Å². The summed E-state index contributed by atoms with van der Waals surface area (Å²) in [6.45, 7) is 5.63. The van der Waals surface area contributed by atoms with E-state index in [9.17, 15) is 0 Å². The summed E-state index contributed by atoms with van der Waals surface area (Å²) in [5.41, 5.74) is 1.05. The highest BCUT2D eigenvalue weighted by molar-refractivity contribution is 6.29. The summed E-state index contributed by atoms with van der Waals surface area (Å²) in [5.74, 6) is 0. The Kier molecular flexibility index (Phi) is 3.77. The maximum atomic E-state index is 5.76. The predicted octanol–water partition coefficient (Wildman–Crippen LogP) is 3.07. The average molecular weight is 240 g/mol. The van der Waals surface area contributed by atoms with Crippen LogP contribution in [0, 0.1) is 0 Å². The van der Waals surface area contributed by atoms with Crippen LogP contribution in [0.25, 0.3) is 0 Å². The van der Waals surface area contributed by atoms with Gasteiger partial charge in [-0.05, 0) is 45.4 Å². The third-order valence-electron chi connectivity index (χ3n) is 3.20. The van der Waals surface area contributed by atoms with E-state index in [1.165, 1.54) is 19.3 Å². The summed E-state index contributed by atoms with van der Waals surface area (Å²) < 4.78 is 0. The van der Waals surface area contributed by atoms with Crippen LogP contribution >= 0.6 is 11.6 Å². The van der Waals surface area contributed by atoms with Crippen molar-refractivity contribution in [1.29, 1.82) is 0 Å². The highest BCUT2D eigenvalue weighted by atomic mass is 35.5. The Balaban J connectivity index is 2.19. The molecule has 0 spiro atoms. The van der Waals surface area contributed by atoms with Gasteiger partial charge in [-0.3, -0.25) is 4.90 Å². The average Bonchev–Trinajstić information content (AvgIpc) is 2.30. The summed E-state index contributed by atoms with van der Waals surface area (Å²) >= 11 is 5.76. The van der Waals surface area contributed by atoms with Gasteiger partial charge in [-0.25, -0.2) is 0 Å². The van der Waals surface area contributed by atoms with Crippen molar-refractivity contribution in [2.75, 3.05) is 6.54 Å². The van der Waals surface area contributed by atoms with Crippen LogP contribution in [0.2, 0.25) is 5.15 Å². The van der Waals surface area contributed by atoms with Gasteiger partial charge in [0.05, 0.1) is 11.7 Å². The molecule has 0 aromatic carbocycles. The number of aromatic nitrogens is 2. The van der Waals surface area contributed by atoms with Crippen LogP contribution in [0.5, 0.6) is 0 Å². The highest BCUT2D eigenvalue weighted by Gasteiger charge is 2.26. The zero-order valence-electron chi connectivity index (χ0n) is 9.86. The number of piperidine rings is 1. The number of likely N-dealkylation sites (tertiary alicyclic amines) is 1. The largest absolute Gasteiger partial charge is 0.292 e. The molecule has 1 aromatic heterocycles. The van der Waals surface area contributed by atoms with Crippen molar-refractivity contribution in [2.24, 2.45) is 0 Å². The van der Waals surface area contributed by atoms with Crippen LogP contribution in [0.3, 0.4) is 0 Å². The number of hydrogen-bond acceptors (Lipinski definition) is 3. The number of hydrogen-bond donors (Lipinski definition) is 0. The standard InChI is InChI=1S/C12H18ClN3/c1-9(2)16-8-4-3-5-11(16)10-6-7-12(13)15-14-10/h6-7,9,11H,3-5,8H2,1-2H3. The van der Waals surface area contributed by atoms with E-state index in [0.717, 1.165) is 12.2 Å². The normalized spacial score (nSPS) is 22.6. The first-order chi connectivity index (χ1) is 7.68. The molecule has 0 N–H and O–H groups in total. The van der Waals surface area contributed by atoms with E-state index in [-0.39, 0.29) is 0 Å². The lowest BCUT2D eigenvalue weighted by atomic mass is 9.97. The Hall–Kier alpha value is -0.670. The zero-order chi connectivity index (χ0) is 11.5. The van der Waals surface area contributed by atoms with E-state index >= 15 is 0 Å². The molecule has 2 rings (SSSR count). The minimum Gasteiger partial charge on any atom is -0.292 e. The zero-order valence-corrected chi connectivity index (χ0v) is 10.6. The van der Waals surface area contributed by atoms with Gasteiger partial charge in [0.1, 0.15) is 0 Å². The molecule has 1 aromatic rings. The summed E-state index contributed by atoms with van der Waals surface area (Å²) in [6.07, 6.45) is 3.74. The molecule has 0 aliphatic carbocycles. The van der Waals surface area contributed by atoms with Crippen molar-refractivity contribution in [1.82, 2.24) is 15.1 Å². The lowest BCUT2D eigenvalue weighted by Crippen LogP contribution is -2.38. The van der Waals surface area contributed by atoms with E-state index in [1.54, 1.807) is 0 Å². The highest BCUT2D eigenvalue weighted by Crippen LogP contribution is 2.31. The van der Waals surface area contributed by atoms with Crippen LogP contribution in [0.4, 0.5) is 0 Å². The Morgan fingerprint density at radius 1 is 1.31 bits per heavy atom.